The number of carbonyl (C=O) groups excluding carboxylic acids is 1. The second kappa shape index (κ2) is 6.13. The van der Waals surface area contributed by atoms with Gasteiger partial charge in [0.2, 0.25) is 5.91 Å². The molecule has 1 amide bonds. The van der Waals surface area contributed by atoms with Crippen LogP contribution in [0.25, 0.3) is 0 Å². The van der Waals surface area contributed by atoms with Crippen molar-refractivity contribution in [3.8, 4) is 0 Å². The highest BCUT2D eigenvalue weighted by molar-refractivity contribution is 6.18. The fourth-order valence-corrected chi connectivity index (χ4v) is 1.82. The molecule has 1 N–H and O–H groups in total. The molecule has 4 heteroatoms. The molecule has 0 bridgehead atoms. The Morgan fingerprint density at radius 3 is 2.73 bits per heavy atom. The molecular formula is C11H18ClNO2. The number of rotatable bonds is 6. The van der Waals surface area contributed by atoms with E-state index in [1.165, 1.54) is 0 Å². The summed E-state index contributed by atoms with van der Waals surface area (Å²) in [5.41, 5.74) is -0.180. The largest absolute Gasteiger partial charge is 0.378 e. The molecule has 1 saturated carbocycles. The van der Waals surface area contributed by atoms with Crippen molar-refractivity contribution in [2.75, 3.05) is 19.5 Å². The van der Waals surface area contributed by atoms with E-state index in [1.54, 1.807) is 7.11 Å². The third kappa shape index (κ3) is 3.84. The minimum absolute atomic E-state index is 0.0516. The van der Waals surface area contributed by atoms with Crippen molar-refractivity contribution in [1.29, 1.82) is 0 Å². The molecule has 15 heavy (non-hydrogen) atoms. The second-order valence-corrected chi connectivity index (χ2v) is 4.16. The molecule has 0 aliphatic heterocycles. The Hall–Kier alpha value is -0.540. The first-order valence-corrected chi connectivity index (χ1v) is 5.79. The maximum absolute atomic E-state index is 11.5. The van der Waals surface area contributed by atoms with Crippen LogP contribution in [-0.2, 0) is 9.53 Å². The quantitative estimate of drug-likeness (QED) is 0.560. The molecular weight excluding hydrogens is 214 g/mol. The summed E-state index contributed by atoms with van der Waals surface area (Å²) in [6.07, 6.45) is 7.29. The van der Waals surface area contributed by atoms with E-state index in [4.69, 9.17) is 16.3 Å². The lowest BCUT2D eigenvalue weighted by atomic mass is 9.77. The van der Waals surface area contributed by atoms with Gasteiger partial charge in [-0.3, -0.25) is 4.79 Å². The van der Waals surface area contributed by atoms with Crippen LogP contribution in [0, 0.1) is 0 Å². The van der Waals surface area contributed by atoms with Crippen LogP contribution in [0.1, 0.15) is 25.7 Å². The molecule has 86 valence electrons. The van der Waals surface area contributed by atoms with Crippen molar-refractivity contribution in [3.63, 3.8) is 0 Å². The Morgan fingerprint density at radius 2 is 2.27 bits per heavy atom. The number of allylic oxidation sites excluding steroid dienone is 1. The summed E-state index contributed by atoms with van der Waals surface area (Å²) < 4.78 is 5.37. The van der Waals surface area contributed by atoms with Crippen LogP contribution < -0.4 is 5.32 Å². The van der Waals surface area contributed by atoms with Gasteiger partial charge in [0.05, 0.1) is 12.0 Å². The first kappa shape index (κ1) is 12.5. The fraction of sp³-hybridized carbons (Fsp3) is 0.727. The van der Waals surface area contributed by atoms with E-state index in [9.17, 15) is 4.79 Å². The van der Waals surface area contributed by atoms with Crippen LogP contribution in [0.5, 0.6) is 0 Å². The normalized spacial score (nSPS) is 18.8. The predicted octanol–water partition coefficient (Wildman–Crippen LogP) is 1.86. The third-order valence-corrected chi connectivity index (χ3v) is 3.03. The van der Waals surface area contributed by atoms with E-state index >= 15 is 0 Å². The third-order valence-electron chi connectivity index (χ3n) is 2.85. The molecule has 0 spiro atoms. The SMILES string of the molecule is COC1(CC(=O)NC/C=C/CCl)CCC1. The van der Waals surface area contributed by atoms with Crippen LogP contribution in [0.4, 0.5) is 0 Å². The maximum Gasteiger partial charge on any atom is 0.223 e. The lowest BCUT2D eigenvalue weighted by molar-refractivity contribution is -0.134. The van der Waals surface area contributed by atoms with Crippen molar-refractivity contribution in [2.24, 2.45) is 0 Å². The van der Waals surface area contributed by atoms with Gasteiger partial charge in [-0.15, -0.1) is 11.6 Å². The number of amides is 1. The average Bonchev–Trinajstić information content (AvgIpc) is 2.18. The summed E-state index contributed by atoms with van der Waals surface area (Å²) in [5.74, 6) is 0.536. The molecule has 1 aliphatic rings. The zero-order valence-corrected chi connectivity index (χ0v) is 9.85. The maximum atomic E-state index is 11.5. The fourth-order valence-electron chi connectivity index (χ4n) is 1.70. The van der Waals surface area contributed by atoms with E-state index in [2.05, 4.69) is 5.32 Å². The van der Waals surface area contributed by atoms with Crippen LogP contribution in [0.3, 0.4) is 0 Å². The van der Waals surface area contributed by atoms with Gasteiger partial charge in [-0.05, 0) is 19.3 Å². The van der Waals surface area contributed by atoms with Gasteiger partial charge in [0.15, 0.2) is 0 Å². The number of alkyl halides is 1. The van der Waals surface area contributed by atoms with E-state index in [0.717, 1.165) is 19.3 Å². The molecule has 0 unspecified atom stereocenters. The Morgan fingerprint density at radius 1 is 1.53 bits per heavy atom. The summed E-state index contributed by atoms with van der Waals surface area (Å²) in [5, 5.41) is 2.81. The summed E-state index contributed by atoms with van der Waals surface area (Å²) in [6, 6.07) is 0. The van der Waals surface area contributed by atoms with E-state index in [0.29, 0.717) is 18.8 Å². The molecule has 0 heterocycles. The number of nitrogens with one attached hydrogen (secondary N) is 1. The summed E-state index contributed by atoms with van der Waals surface area (Å²) in [6.45, 7) is 0.547. The zero-order chi connectivity index (χ0) is 11.1. The van der Waals surface area contributed by atoms with Crippen molar-refractivity contribution in [2.45, 2.75) is 31.3 Å². The molecule has 1 fully saturated rings. The Labute approximate surface area is 95.8 Å². The molecule has 0 aromatic rings. The highest BCUT2D eigenvalue weighted by Crippen LogP contribution is 2.37. The number of ether oxygens (including phenoxy) is 1. The molecule has 3 nitrogen and oxygen atoms in total. The molecule has 0 atom stereocenters. The minimum atomic E-state index is -0.180. The number of hydrogen-bond donors (Lipinski definition) is 1. The van der Waals surface area contributed by atoms with Crippen LogP contribution in [0.2, 0.25) is 0 Å². The van der Waals surface area contributed by atoms with Crippen molar-refractivity contribution < 1.29 is 9.53 Å². The Balaban J connectivity index is 2.20. The molecule has 0 radical (unpaired) electrons. The van der Waals surface area contributed by atoms with Gasteiger partial charge < -0.3 is 10.1 Å². The number of hydrogen-bond acceptors (Lipinski definition) is 2. The van der Waals surface area contributed by atoms with E-state index < -0.39 is 0 Å². The van der Waals surface area contributed by atoms with Gasteiger partial charge in [0.25, 0.3) is 0 Å². The van der Waals surface area contributed by atoms with Crippen molar-refractivity contribution in [1.82, 2.24) is 5.32 Å². The van der Waals surface area contributed by atoms with Gasteiger partial charge in [-0.1, -0.05) is 12.2 Å². The predicted molar refractivity (Wildman–Crippen MR) is 61.1 cm³/mol. The van der Waals surface area contributed by atoms with Crippen molar-refractivity contribution >= 4 is 17.5 Å². The van der Waals surface area contributed by atoms with Gasteiger partial charge in [0.1, 0.15) is 0 Å². The van der Waals surface area contributed by atoms with E-state index in [1.807, 2.05) is 12.2 Å². The summed E-state index contributed by atoms with van der Waals surface area (Å²) >= 11 is 5.46. The Kier molecular flexibility index (Phi) is 5.12. The first-order valence-electron chi connectivity index (χ1n) is 5.25. The van der Waals surface area contributed by atoms with Crippen molar-refractivity contribution in [3.05, 3.63) is 12.2 Å². The molecule has 0 aromatic carbocycles. The summed E-state index contributed by atoms with van der Waals surface area (Å²) in [4.78, 5) is 11.5. The van der Waals surface area contributed by atoms with Crippen LogP contribution >= 0.6 is 11.6 Å². The minimum Gasteiger partial charge on any atom is -0.378 e. The monoisotopic (exact) mass is 231 g/mol. The van der Waals surface area contributed by atoms with Crippen LogP contribution in [0.15, 0.2) is 12.2 Å². The topological polar surface area (TPSA) is 38.3 Å². The van der Waals surface area contributed by atoms with Gasteiger partial charge in [0, 0.05) is 19.5 Å². The number of carbonyl (C=O) groups is 1. The molecule has 1 aliphatic carbocycles. The smallest absolute Gasteiger partial charge is 0.223 e. The number of methoxy groups -OCH3 is 1. The summed E-state index contributed by atoms with van der Waals surface area (Å²) in [7, 11) is 1.68. The highest BCUT2D eigenvalue weighted by Gasteiger charge is 2.38. The highest BCUT2D eigenvalue weighted by atomic mass is 35.5. The second-order valence-electron chi connectivity index (χ2n) is 3.85. The van der Waals surface area contributed by atoms with Crippen LogP contribution in [-0.4, -0.2) is 31.0 Å². The molecule has 1 rings (SSSR count). The zero-order valence-electron chi connectivity index (χ0n) is 9.09. The lowest BCUT2D eigenvalue weighted by Gasteiger charge is -2.39. The first-order chi connectivity index (χ1) is 7.22. The van der Waals surface area contributed by atoms with Gasteiger partial charge in [-0.25, -0.2) is 0 Å². The Bertz CT molecular complexity index is 231. The molecule has 0 aromatic heterocycles. The van der Waals surface area contributed by atoms with Gasteiger partial charge in [-0.2, -0.15) is 0 Å². The van der Waals surface area contributed by atoms with E-state index in [-0.39, 0.29) is 11.5 Å². The van der Waals surface area contributed by atoms with Gasteiger partial charge >= 0.3 is 0 Å². The number of halogens is 1. The standard InChI is InChI=1S/C11H18ClNO2/c1-15-11(5-4-6-11)9-10(14)13-8-3-2-7-12/h2-3H,4-9H2,1H3,(H,13,14)/b3-2+. The molecule has 0 saturated heterocycles. The average molecular weight is 232 g/mol. The lowest BCUT2D eigenvalue weighted by Crippen LogP contribution is -2.43.